The molecule has 1 amide bonds. The number of aliphatic hydroxyl groups is 2. The van der Waals surface area contributed by atoms with Gasteiger partial charge in [-0.2, -0.15) is 0 Å². The van der Waals surface area contributed by atoms with Crippen LogP contribution in [-0.2, 0) is 4.79 Å². The van der Waals surface area contributed by atoms with Crippen LogP contribution >= 0.6 is 0 Å². The molecule has 0 aromatic heterocycles. The summed E-state index contributed by atoms with van der Waals surface area (Å²) in [5.41, 5.74) is 4.65. The Bertz CT molecular complexity index is 394. The highest BCUT2D eigenvalue weighted by atomic mass is 16.3. The Balaban J connectivity index is 2.65. The van der Waals surface area contributed by atoms with Crippen LogP contribution in [0.2, 0.25) is 0 Å². The fourth-order valence-corrected chi connectivity index (χ4v) is 3.87. The molecule has 0 radical (unpaired) electrons. The van der Waals surface area contributed by atoms with E-state index in [1.807, 2.05) is 27.7 Å². The van der Waals surface area contributed by atoms with Gasteiger partial charge in [0, 0.05) is 19.0 Å². The lowest BCUT2D eigenvalue weighted by Gasteiger charge is -2.34. The molecule has 148 valence electrons. The van der Waals surface area contributed by atoms with E-state index in [1.54, 1.807) is 0 Å². The van der Waals surface area contributed by atoms with Gasteiger partial charge >= 0.3 is 0 Å². The number of nitrogens with two attached hydrogens (primary N) is 1. The van der Waals surface area contributed by atoms with E-state index in [0.717, 1.165) is 6.42 Å². The minimum atomic E-state index is -1.56. The predicted molar refractivity (Wildman–Crippen MR) is 102 cm³/mol. The molecule has 0 aromatic rings. The molecule has 5 nitrogen and oxygen atoms in total. The number of hydrogen-bond acceptors (Lipinski definition) is 4. The van der Waals surface area contributed by atoms with E-state index in [-0.39, 0.29) is 24.3 Å². The number of hydrogen-bond donors (Lipinski definition) is 4. The molecule has 0 aliphatic heterocycles. The SMILES string of the molecule is CC(C)CNC(=O)[C@](O)(CC(C)C)C[C@H](O)[C@@H](N)CC1CCCCC1. The van der Waals surface area contributed by atoms with Crippen molar-refractivity contribution < 1.29 is 15.0 Å². The number of aliphatic hydroxyl groups excluding tert-OH is 1. The van der Waals surface area contributed by atoms with Crippen LogP contribution in [-0.4, -0.2) is 40.4 Å². The molecular weight excluding hydrogens is 316 g/mol. The van der Waals surface area contributed by atoms with Gasteiger partial charge in [0.05, 0.1) is 6.10 Å². The number of amides is 1. The smallest absolute Gasteiger partial charge is 0.252 e. The zero-order valence-electron chi connectivity index (χ0n) is 16.6. The molecule has 0 unspecified atom stereocenters. The summed E-state index contributed by atoms with van der Waals surface area (Å²) in [5.74, 6) is 0.632. The van der Waals surface area contributed by atoms with Crippen LogP contribution in [0.15, 0.2) is 0 Å². The highest BCUT2D eigenvalue weighted by Crippen LogP contribution is 2.29. The number of rotatable bonds is 10. The van der Waals surface area contributed by atoms with Crippen LogP contribution < -0.4 is 11.1 Å². The maximum atomic E-state index is 12.5. The maximum Gasteiger partial charge on any atom is 0.252 e. The van der Waals surface area contributed by atoms with E-state index in [4.69, 9.17) is 5.73 Å². The molecule has 5 heteroatoms. The molecule has 25 heavy (non-hydrogen) atoms. The van der Waals surface area contributed by atoms with Gasteiger partial charge < -0.3 is 21.3 Å². The van der Waals surface area contributed by atoms with Crippen molar-refractivity contribution in [3.05, 3.63) is 0 Å². The van der Waals surface area contributed by atoms with Gasteiger partial charge in [-0.15, -0.1) is 0 Å². The fourth-order valence-electron chi connectivity index (χ4n) is 3.87. The zero-order valence-corrected chi connectivity index (χ0v) is 16.6. The highest BCUT2D eigenvalue weighted by Gasteiger charge is 2.40. The molecule has 0 saturated heterocycles. The highest BCUT2D eigenvalue weighted by molar-refractivity contribution is 5.84. The van der Waals surface area contributed by atoms with Crippen molar-refractivity contribution in [2.45, 2.75) is 96.8 Å². The molecule has 0 spiro atoms. The second-order valence-corrected chi connectivity index (χ2v) is 8.91. The Morgan fingerprint density at radius 3 is 2.24 bits per heavy atom. The van der Waals surface area contributed by atoms with Crippen molar-refractivity contribution >= 4 is 5.91 Å². The van der Waals surface area contributed by atoms with Crippen LogP contribution in [0.3, 0.4) is 0 Å². The van der Waals surface area contributed by atoms with Crippen LogP contribution in [0.1, 0.15) is 79.1 Å². The first-order chi connectivity index (χ1) is 11.6. The average Bonchev–Trinajstić information content (AvgIpc) is 2.52. The zero-order chi connectivity index (χ0) is 19.0. The first kappa shape index (κ1) is 22.4. The fraction of sp³-hybridized carbons (Fsp3) is 0.950. The quantitative estimate of drug-likeness (QED) is 0.484. The topological polar surface area (TPSA) is 95.6 Å². The van der Waals surface area contributed by atoms with Crippen LogP contribution in [0, 0.1) is 17.8 Å². The lowest BCUT2D eigenvalue weighted by Crippen LogP contribution is -2.53. The second-order valence-electron chi connectivity index (χ2n) is 8.91. The van der Waals surface area contributed by atoms with Crippen LogP contribution in [0.4, 0.5) is 0 Å². The minimum Gasteiger partial charge on any atom is -0.391 e. The molecule has 0 aromatic carbocycles. The van der Waals surface area contributed by atoms with E-state index in [2.05, 4.69) is 5.32 Å². The van der Waals surface area contributed by atoms with Crippen molar-refractivity contribution in [3.8, 4) is 0 Å². The summed E-state index contributed by atoms with van der Waals surface area (Å²) >= 11 is 0. The molecule has 5 N–H and O–H groups in total. The molecule has 0 heterocycles. The van der Waals surface area contributed by atoms with Gasteiger partial charge in [0.15, 0.2) is 0 Å². The standard InChI is InChI=1S/C20H40N2O3/c1-14(2)11-20(25,19(24)22-13-15(3)4)12-18(23)17(21)10-16-8-6-5-7-9-16/h14-18,23,25H,5-13,21H2,1-4H3,(H,22,24)/t17-,18-,20-/m0/s1. The lowest BCUT2D eigenvalue weighted by molar-refractivity contribution is -0.145. The van der Waals surface area contributed by atoms with Gasteiger partial charge in [-0.1, -0.05) is 59.8 Å². The van der Waals surface area contributed by atoms with Crippen molar-refractivity contribution in [2.24, 2.45) is 23.5 Å². The number of carbonyl (C=O) groups is 1. The maximum absolute atomic E-state index is 12.5. The van der Waals surface area contributed by atoms with E-state index in [9.17, 15) is 15.0 Å². The van der Waals surface area contributed by atoms with Crippen LogP contribution in [0.5, 0.6) is 0 Å². The molecular formula is C20H40N2O3. The first-order valence-corrected chi connectivity index (χ1v) is 10.1. The minimum absolute atomic E-state index is 0.00297. The molecule has 1 aliphatic rings. The van der Waals surface area contributed by atoms with Gasteiger partial charge in [0.25, 0.3) is 5.91 Å². The van der Waals surface area contributed by atoms with E-state index in [1.165, 1.54) is 32.1 Å². The predicted octanol–water partition coefficient (Wildman–Crippen LogP) is 2.58. The normalized spacial score (nSPS) is 21.2. The van der Waals surface area contributed by atoms with E-state index >= 15 is 0 Å². The van der Waals surface area contributed by atoms with Gasteiger partial charge in [-0.3, -0.25) is 4.79 Å². The average molecular weight is 357 g/mol. The van der Waals surface area contributed by atoms with Gasteiger partial charge in [0.1, 0.15) is 5.60 Å². The van der Waals surface area contributed by atoms with Gasteiger partial charge in [-0.05, 0) is 30.6 Å². The Morgan fingerprint density at radius 1 is 1.12 bits per heavy atom. The summed E-state index contributed by atoms with van der Waals surface area (Å²) in [5, 5.41) is 24.3. The van der Waals surface area contributed by atoms with E-state index in [0.29, 0.717) is 24.8 Å². The molecule has 1 rings (SSSR count). The molecule has 3 atom stereocenters. The molecule has 1 aliphatic carbocycles. The monoisotopic (exact) mass is 356 g/mol. The third-order valence-corrected chi connectivity index (χ3v) is 5.21. The first-order valence-electron chi connectivity index (χ1n) is 10.1. The van der Waals surface area contributed by atoms with Crippen molar-refractivity contribution in [1.29, 1.82) is 0 Å². The largest absolute Gasteiger partial charge is 0.391 e. The number of nitrogens with one attached hydrogen (secondary N) is 1. The Morgan fingerprint density at radius 2 is 1.72 bits per heavy atom. The lowest BCUT2D eigenvalue weighted by atomic mass is 9.80. The summed E-state index contributed by atoms with van der Waals surface area (Å²) in [6.07, 6.45) is 6.34. The molecule has 1 fully saturated rings. The summed E-state index contributed by atoms with van der Waals surface area (Å²) in [6, 6.07) is -0.389. The van der Waals surface area contributed by atoms with E-state index < -0.39 is 11.7 Å². The Labute approximate surface area is 153 Å². The van der Waals surface area contributed by atoms with Gasteiger partial charge in [-0.25, -0.2) is 0 Å². The Hall–Kier alpha value is -0.650. The molecule has 0 bridgehead atoms. The summed E-state index contributed by atoms with van der Waals surface area (Å²) in [6.45, 7) is 8.47. The Kier molecular flexibility index (Phi) is 9.39. The van der Waals surface area contributed by atoms with Crippen LogP contribution in [0.25, 0.3) is 0 Å². The number of carbonyl (C=O) groups excluding carboxylic acids is 1. The second kappa shape index (κ2) is 10.5. The third kappa shape index (κ3) is 8.06. The van der Waals surface area contributed by atoms with Crippen molar-refractivity contribution in [3.63, 3.8) is 0 Å². The van der Waals surface area contributed by atoms with Gasteiger partial charge in [0.2, 0.25) is 0 Å². The summed E-state index contributed by atoms with van der Waals surface area (Å²) in [4.78, 5) is 12.5. The van der Waals surface area contributed by atoms with Crippen molar-refractivity contribution in [1.82, 2.24) is 5.32 Å². The van der Waals surface area contributed by atoms with Crippen molar-refractivity contribution in [2.75, 3.05) is 6.54 Å². The summed E-state index contributed by atoms with van der Waals surface area (Å²) in [7, 11) is 0. The third-order valence-electron chi connectivity index (χ3n) is 5.21. The molecule has 1 saturated carbocycles. The summed E-state index contributed by atoms with van der Waals surface area (Å²) < 4.78 is 0.